The van der Waals surface area contributed by atoms with Crippen LogP contribution in [0.1, 0.15) is 12.5 Å². The number of ether oxygens (including phenoxy) is 1. The van der Waals surface area contributed by atoms with Crippen LogP contribution in [0, 0.1) is 5.82 Å². The maximum absolute atomic E-state index is 13.2. The van der Waals surface area contributed by atoms with Crippen molar-refractivity contribution in [1.29, 1.82) is 0 Å². The van der Waals surface area contributed by atoms with Gasteiger partial charge in [0.25, 0.3) is 0 Å². The normalized spacial score (nSPS) is 17.2. The van der Waals surface area contributed by atoms with Crippen molar-refractivity contribution in [2.45, 2.75) is 6.92 Å². The van der Waals surface area contributed by atoms with Crippen molar-refractivity contribution in [1.82, 2.24) is 5.32 Å². The van der Waals surface area contributed by atoms with E-state index in [1.807, 2.05) is 6.92 Å². The summed E-state index contributed by atoms with van der Waals surface area (Å²) in [5.41, 5.74) is 0.500. The topological polar surface area (TPSA) is 63.1 Å². The molecule has 1 amide bonds. The van der Waals surface area contributed by atoms with Gasteiger partial charge in [-0.25, -0.2) is 4.39 Å². The lowest BCUT2D eigenvalue weighted by atomic mass is 10.2. The molecule has 0 radical (unpaired) electrons. The van der Waals surface area contributed by atoms with Crippen LogP contribution < -0.4 is 10.1 Å². The van der Waals surface area contributed by atoms with E-state index < -0.39 is 0 Å². The molecule has 0 aliphatic carbocycles. The molecule has 1 fully saturated rings. The summed E-state index contributed by atoms with van der Waals surface area (Å²) in [6.45, 7) is 2.32. The van der Waals surface area contributed by atoms with Gasteiger partial charge in [0.2, 0.25) is 5.91 Å². The second-order valence-electron chi connectivity index (χ2n) is 3.60. The summed E-state index contributed by atoms with van der Waals surface area (Å²) >= 11 is 1.27. The summed E-state index contributed by atoms with van der Waals surface area (Å²) in [6.07, 6.45) is 1.39. The van der Waals surface area contributed by atoms with Gasteiger partial charge in [-0.1, -0.05) is 11.8 Å². The summed E-state index contributed by atoms with van der Waals surface area (Å²) in [5.74, 6) is 0.412. The van der Waals surface area contributed by atoms with E-state index in [4.69, 9.17) is 4.74 Å². The third-order valence-corrected chi connectivity index (χ3v) is 3.07. The van der Waals surface area contributed by atoms with Gasteiger partial charge in [-0.2, -0.15) is 5.10 Å². The van der Waals surface area contributed by atoms with Gasteiger partial charge in [0.05, 0.1) is 18.6 Å². The van der Waals surface area contributed by atoms with Gasteiger partial charge in [0.15, 0.2) is 5.17 Å². The van der Waals surface area contributed by atoms with Gasteiger partial charge in [-0.05, 0) is 25.1 Å². The summed E-state index contributed by atoms with van der Waals surface area (Å²) in [4.78, 5) is 10.9. The molecular weight excluding hydrogens is 269 g/mol. The molecule has 1 saturated heterocycles. The Morgan fingerprint density at radius 2 is 2.42 bits per heavy atom. The number of hydrogen-bond acceptors (Lipinski definition) is 5. The SMILES string of the molecule is CCOc1ccc(F)cc1C=NN=C1NC(=O)CS1. The Hall–Kier alpha value is -1.89. The predicted molar refractivity (Wildman–Crippen MR) is 73.2 cm³/mol. The van der Waals surface area contributed by atoms with Crippen molar-refractivity contribution in [2.75, 3.05) is 12.4 Å². The first kappa shape index (κ1) is 13.5. The second kappa shape index (κ2) is 6.33. The van der Waals surface area contributed by atoms with Gasteiger partial charge in [-0.15, -0.1) is 5.10 Å². The number of hydrogen-bond donors (Lipinski definition) is 1. The highest BCUT2D eigenvalue weighted by Gasteiger charge is 2.15. The monoisotopic (exact) mass is 281 g/mol. The molecule has 0 atom stereocenters. The molecule has 0 spiro atoms. The van der Waals surface area contributed by atoms with Crippen molar-refractivity contribution >= 4 is 29.1 Å². The van der Waals surface area contributed by atoms with E-state index in [1.165, 1.54) is 30.1 Å². The molecule has 0 aromatic heterocycles. The molecule has 1 aromatic rings. The van der Waals surface area contributed by atoms with Gasteiger partial charge in [-0.3, -0.25) is 4.79 Å². The second-order valence-corrected chi connectivity index (χ2v) is 4.57. The Balaban J connectivity index is 2.13. The Labute approximate surface area is 113 Å². The van der Waals surface area contributed by atoms with E-state index >= 15 is 0 Å². The van der Waals surface area contributed by atoms with Gasteiger partial charge < -0.3 is 10.1 Å². The van der Waals surface area contributed by atoms with Crippen LogP contribution in [0.3, 0.4) is 0 Å². The Kier molecular flexibility index (Phi) is 4.51. The van der Waals surface area contributed by atoms with Crippen molar-refractivity contribution in [3.05, 3.63) is 29.6 Å². The van der Waals surface area contributed by atoms with E-state index in [-0.39, 0.29) is 11.7 Å². The molecule has 1 aliphatic rings. The number of nitrogens with zero attached hydrogens (tertiary/aromatic N) is 2. The van der Waals surface area contributed by atoms with Crippen LogP contribution in [0.5, 0.6) is 5.75 Å². The van der Waals surface area contributed by atoms with Crippen LogP contribution in [-0.4, -0.2) is 29.6 Å². The lowest BCUT2D eigenvalue weighted by Gasteiger charge is -2.05. The zero-order valence-corrected chi connectivity index (χ0v) is 11.0. The summed E-state index contributed by atoms with van der Waals surface area (Å²) < 4.78 is 18.5. The first-order valence-electron chi connectivity index (χ1n) is 5.65. The Morgan fingerprint density at radius 1 is 1.58 bits per heavy atom. The molecule has 0 unspecified atom stereocenters. The highest BCUT2D eigenvalue weighted by atomic mass is 32.2. The fourth-order valence-electron chi connectivity index (χ4n) is 1.43. The number of thioether (sulfide) groups is 1. The van der Waals surface area contributed by atoms with Crippen molar-refractivity contribution in [3.63, 3.8) is 0 Å². The van der Waals surface area contributed by atoms with E-state index in [1.54, 1.807) is 6.07 Å². The zero-order chi connectivity index (χ0) is 13.7. The average molecular weight is 281 g/mol. The molecule has 100 valence electrons. The fraction of sp³-hybridized carbons (Fsp3) is 0.250. The van der Waals surface area contributed by atoms with E-state index in [0.29, 0.717) is 28.8 Å². The molecule has 0 bridgehead atoms. The quantitative estimate of drug-likeness (QED) is 0.676. The number of benzene rings is 1. The third kappa shape index (κ3) is 3.78. The van der Waals surface area contributed by atoms with Crippen LogP contribution in [-0.2, 0) is 4.79 Å². The molecule has 2 rings (SSSR count). The number of carbonyl (C=O) groups is 1. The van der Waals surface area contributed by atoms with Gasteiger partial charge in [0.1, 0.15) is 11.6 Å². The largest absolute Gasteiger partial charge is 0.493 e. The minimum absolute atomic E-state index is 0.0975. The molecular formula is C12H12FN3O2S. The number of halogens is 1. The number of carbonyl (C=O) groups excluding carboxylic acids is 1. The first-order chi connectivity index (χ1) is 9.19. The highest BCUT2D eigenvalue weighted by molar-refractivity contribution is 8.15. The zero-order valence-electron chi connectivity index (χ0n) is 10.2. The number of amidine groups is 1. The van der Waals surface area contributed by atoms with E-state index in [0.717, 1.165) is 0 Å². The molecule has 7 heteroatoms. The van der Waals surface area contributed by atoms with Gasteiger partial charge >= 0.3 is 0 Å². The molecule has 0 saturated carbocycles. The maximum atomic E-state index is 13.2. The molecule has 1 N–H and O–H groups in total. The molecule has 5 nitrogen and oxygen atoms in total. The standard InChI is InChI=1S/C12H12FN3O2S/c1-2-18-10-4-3-9(13)5-8(10)6-14-16-12-15-11(17)7-19-12/h3-6H,2,7H2,1H3,(H,15,16,17). The number of rotatable bonds is 4. The molecule has 1 heterocycles. The van der Waals surface area contributed by atoms with Crippen molar-refractivity contribution < 1.29 is 13.9 Å². The third-order valence-electron chi connectivity index (χ3n) is 2.20. The minimum atomic E-state index is -0.374. The van der Waals surface area contributed by atoms with Crippen LogP contribution in [0.25, 0.3) is 0 Å². The van der Waals surface area contributed by atoms with Crippen molar-refractivity contribution in [2.24, 2.45) is 10.2 Å². The Bertz CT molecular complexity index is 546. The number of amides is 1. The van der Waals surface area contributed by atoms with Crippen molar-refractivity contribution in [3.8, 4) is 5.75 Å². The lowest BCUT2D eigenvalue weighted by molar-refractivity contribution is -0.116. The van der Waals surface area contributed by atoms with Crippen LogP contribution in [0.15, 0.2) is 28.4 Å². The van der Waals surface area contributed by atoms with Gasteiger partial charge in [0, 0.05) is 5.56 Å². The number of nitrogens with one attached hydrogen (secondary N) is 1. The molecule has 1 aromatic carbocycles. The summed E-state index contributed by atoms with van der Waals surface area (Å²) in [6, 6.07) is 4.18. The summed E-state index contributed by atoms with van der Waals surface area (Å²) in [5, 5.41) is 10.6. The van der Waals surface area contributed by atoms with Crippen LogP contribution in [0.2, 0.25) is 0 Å². The highest BCUT2D eigenvalue weighted by Crippen LogP contribution is 2.18. The average Bonchev–Trinajstić information content (AvgIpc) is 2.79. The lowest BCUT2D eigenvalue weighted by Crippen LogP contribution is -2.19. The predicted octanol–water partition coefficient (Wildman–Crippen LogP) is 1.78. The van der Waals surface area contributed by atoms with Crippen LogP contribution in [0.4, 0.5) is 4.39 Å². The minimum Gasteiger partial charge on any atom is -0.493 e. The van der Waals surface area contributed by atoms with Crippen LogP contribution >= 0.6 is 11.8 Å². The van der Waals surface area contributed by atoms with E-state index in [9.17, 15) is 9.18 Å². The Morgan fingerprint density at radius 3 is 3.11 bits per heavy atom. The fourth-order valence-corrected chi connectivity index (χ4v) is 2.06. The maximum Gasteiger partial charge on any atom is 0.236 e. The first-order valence-corrected chi connectivity index (χ1v) is 6.63. The summed E-state index contributed by atoms with van der Waals surface area (Å²) in [7, 11) is 0. The molecule has 1 aliphatic heterocycles. The molecule has 19 heavy (non-hydrogen) atoms. The van der Waals surface area contributed by atoms with E-state index in [2.05, 4.69) is 15.5 Å². The smallest absolute Gasteiger partial charge is 0.236 e.